The number of alkyl halides is 1. The molecule has 0 heterocycles. The number of rotatable bonds is 5. The van der Waals surface area contributed by atoms with Crippen molar-refractivity contribution in [1.29, 1.82) is 0 Å². The van der Waals surface area contributed by atoms with Gasteiger partial charge in [0.1, 0.15) is 0 Å². The van der Waals surface area contributed by atoms with Crippen molar-refractivity contribution in [3.05, 3.63) is 35.4 Å². The largest absolute Gasteiger partial charge is 0.298 e. The fourth-order valence-corrected chi connectivity index (χ4v) is 2.96. The smallest absolute Gasteiger partial charge is 0.152 e. The van der Waals surface area contributed by atoms with Gasteiger partial charge in [0, 0.05) is 5.41 Å². The normalized spacial score (nSPS) is 13.4. The zero-order valence-electron chi connectivity index (χ0n) is 11.8. The molecule has 1 unspecified atom stereocenters. The van der Waals surface area contributed by atoms with Crippen molar-refractivity contribution < 1.29 is 4.79 Å². The van der Waals surface area contributed by atoms with Gasteiger partial charge in [0.05, 0.1) is 4.83 Å². The summed E-state index contributed by atoms with van der Waals surface area (Å²) in [6, 6.07) is 8.60. The van der Waals surface area contributed by atoms with Crippen LogP contribution in [0.2, 0.25) is 0 Å². The summed E-state index contributed by atoms with van der Waals surface area (Å²) in [5.74, 6) is 0.264. The third-order valence-corrected chi connectivity index (χ3v) is 3.74. The fourth-order valence-electron chi connectivity index (χ4n) is 1.90. The molecule has 0 fully saturated rings. The van der Waals surface area contributed by atoms with Crippen LogP contribution < -0.4 is 0 Å². The van der Waals surface area contributed by atoms with Crippen LogP contribution in [-0.4, -0.2) is 10.6 Å². The molecule has 0 N–H and O–H groups in total. The van der Waals surface area contributed by atoms with E-state index in [1.165, 1.54) is 17.5 Å². The summed E-state index contributed by atoms with van der Waals surface area (Å²) in [6.45, 7) is 8.08. The third kappa shape index (κ3) is 4.56. The maximum Gasteiger partial charge on any atom is 0.152 e. The summed E-state index contributed by atoms with van der Waals surface area (Å²) < 4.78 is 0. The first-order valence-electron chi connectivity index (χ1n) is 6.60. The van der Waals surface area contributed by atoms with Crippen molar-refractivity contribution >= 4 is 21.7 Å². The van der Waals surface area contributed by atoms with Crippen LogP contribution >= 0.6 is 15.9 Å². The lowest BCUT2D eigenvalue weighted by Crippen LogP contribution is -2.29. The molecule has 1 nitrogen and oxygen atoms in total. The number of Topliss-reactive ketones (excluding diaryl/α,β-unsaturated/α-hetero) is 1. The molecule has 0 saturated heterocycles. The Morgan fingerprint density at radius 3 is 2.11 bits per heavy atom. The summed E-state index contributed by atoms with van der Waals surface area (Å²) >= 11 is 3.52. The van der Waals surface area contributed by atoms with Gasteiger partial charge in [0.15, 0.2) is 5.78 Å². The van der Waals surface area contributed by atoms with E-state index in [1.807, 2.05) is 20.8 Å². The van der Waals surface area contributed by atoms with Crippen molar-refractivity contribution in [3.63, 3.8) is 0 Å². The lowest BCUT2D eigenvalue weighted by molar-refractivity contribution is -0.125. The first-order chi connectivity index (χ1) is 8.34. The van der Waals surface area contributed by atoms with Gasteiger partial charge in [-0.25, -0.2) is 0 Å². The highest BCUT2D eigenvalue weighted by Gasteiger charge is 2.27. The van der Waals surface area contributed by atoms with E-state index in [-0.39, 0.29) is 16.0 Å². The molecule has 1 atom stereocenters. The first kappa shape index (κ1) is 15.4. The van der Waals surface area contributed by atoms with E-state index in [0.717, 1.165) is 12.8 Å². The topological polar surface area (TPSA) is 17.1 Å². The van der Waals surface area contributed by atoms with Crippen LogP contribution in [0.15, 0.2) is 24.3 Å². The molecule has 0 amide bonds. The number of hydrogen-bond acceptors (Lipinski definition) is 1. The third-order valence-electron chi connectivity index (χ3n) is 3.00. The maximum atomic E-state index is 12.1. The van der Waals surface area contributed by atoms with Gasteiger partial charge in [-0.1, -0.05) is 74.3 Å². The molecule has 100 valence electrons. The van der Waals surface area contributed by atoms with Crippen LogP contribution in [0.4, 0.5) is 0 Å². The van der Waals surface area contributed by atoms with E-state index in [2.05, 4.69) is 47.1 Å². The number of aryl methyl sites for hydroxylation is 1. The van der Waals surface area contributed by atoms with Crippen molar-refractivity contribution in [3.8, 4) is 0 Å². The maximum absolute atomic E-state index is 12.1. The molecule has 0 saturated carbocycles. The van der Waals surface area contributed by atoms with Crippen LogP contribution in [0.1, 0.15) is 45.2 Å². The molecule has 0 radical (unpaired) electrons. The summed E-state index contributed by atoms with van der Waals surface area (Å²) in [5.41, 5.74) is 2.31. The average molecular weight is 311 g/mol. The van der Waals surface area contributed by atoms with Crippen molar-refractivity contribution in [2.75, 3.05) is 0 Å². The van der Waals surface area contributed by atoms with Crippen LogP contribution in [0.3, 0.4) is 0 Å². The van der Waals surface area contributed by atoms with E-state index >= 15 is 0 Å². The Kier molecular flexibility index (Phi) is 5.58. The molecular formula is C16H23BrO. The Labute approximate surface area is 119 Å². The Morgan fingerprint density at radius 1 is 1.17 bits per heavy atom. The lowest BCUT2D eigenvalue weighted by atomic mass is 9.87. The van der Waals surface area contributed by atoms with Crippen molar-refractivity contribution in [2.24, 2.45) is 5.41 Å². The highest BCUT2D eigenvalue weighted by Crippen LogP contribution is 2.23. The van der Waals surface area contributed by atoms with Gasteiger partial charge < -0.3 is 0 Å². The summed E-state index contributed by atoms with van der Waals surface area (Å²) in [7, 11) is 0. The van der Waals surface area contributed by atoms with Crippen LogP contribution in [0.5, 0.6) is 0 Å². The molecule has 1 aromatic carbocycles. The summed E-state index contributed by atoms with van der Waals surface area (Å²) in [6.07, 6.45) is 3.06. The fraction of sp³-hybridized carbons (Fsp3) is 0.562. The van der Waals surface area contributed by atoms with E-state index in [4.69, 9.17) is 0 Å². The van der Waals surface area contributed by atoms with Gasteiger partial charge in [0.2, 0.25) is 0 Å². The molecule has 2 heteroatoms. The summed E-state index contributed by atoms with van der Waals surface area (Å²) in [4.78, 5) is 12.0. The highest BCUT2D eigenvalue weighted by molar-refractivity contribution is 9.10. The van der Waals surface area contributed by atoms with Gasteiger partial charge in [-0.15, -0.1) is 0 Å². The SMILES string of the molecule is CCCc1ccc(CC(Br)C(=O)C(C)(C)C)cc1. The van der Waals surface area contributed by atoms with Gasteiger partial charge >= 0.3 is 0 Å². The van der Waals surface area contributed by atoms with E-state index in [0.29, 0.717) is 0 Å². The van der Waals surface area contributed by atoms with Crippen LogP contribution in [0, 0.1) is 5.41 Å². The minimum atomic E-state index is -0.281. The second-order valence-electron chi connectivity index (χ2n) is 5.85. The molecule has 0 spiro atoms. The minimum absolute atomic E-state index is 0.0884. The van der Waals surface area contributed by atoms with Crippen molar-refractivity contribution in [2.45, 2.75) is 51.8 Å². The first-order valence-corrected chi connectivity index (χ1v) is 7.52. The molecule has 0 aliphatic heterocycles. The van der Waals surface area contributed by atoms with E-state index < -0.39 is 0 Å². The highest BCUT2D eigenvalue weighted by atomic mass is 79.9. The standard InChI is InChI=1S/C16H23BrO/c1-5-6-12-7-9-13(10-8-12)11-14(17)15(18)16(2,3)4/h7-10,14H,5-6,11H2,1-4H3. The molecule has 0 aliphatic rings. The molecule has 0 aliphatic carbocycles. The zero-order valence-corrected chi connectivity index (χ0v) is 13.4. The molecule has 1 aromatic rings. The van der Waals surface area contributed by atoms with Gasteiger partial charge in [-0.3, -0.25) is 4.79 Å². The molecule has 18 heavy (non-hydrogen) atoms. The molecule has 1 rings (SSSR count). The predicted octanol–water partition coefficient (Wildman–Crippen LogP) is 4.56. The average Bonchev–Trinajstić information content (AvgIpc) is 2.30. The van der Waals surface area contributed by atoms with Crippen LogP contribution in [-0.2, 0) is 17.6 Å². The lowest BCUT2D eigenvalue weighted by Gasteiger charge is -2.20. The van der Waals surface area contributed by atoms with Gasteiger partial charge in [0.25, 0.3) is 0 Å². The van der Waals surface area contributed by atoms with E-state index in [9.17, 15) is 4.79 Å². The second kappa shape index (κ2) is 6.51. The number of halogens is 1. The number of carbonyl (C=O) groups is 1. The second-order valence-corrected chi connectivity index (χ2v) is 6.96. The molecule has 0 aromatic heterocycles. The van der Waals surface area contributed by atoms with Crippen LogP contribution in [0.25, 0.3) is 0 Å². The Balaban J connectivity index is 2.65. The monoisotopic (exact) mass is 310 g/mol. The van der Waals surface area contributed by atoms with Gasteiger partial charge in [-0.2, -0.15) is 0 Å². The Hall–Kier alpha value is -0.630. The quantitative estimate of drug-likeness (QED) is 0.729. The molecular weight excluding hydrogens is 288 g/mol. The summed E-state index contributed by atoms with van der Waals surface area (Å²) in [5, 5.41) is 0. The Morgan fingerprint density at radius 2 is 1.67 bits per heavy atom. The minimum Gasteiger partial charge on any atom is -0.298 e. The number of carbonyl (C=O) groups excluding carboxylic acids is 1. The van der Waals surface area contributed by atoms with Gasteiger partial charge in [-0.05, 0) is 24.0 Å². The molecule has 0 bridgehead atoms. The van der Waals surface area contributed by atoms with Crippen molar-refractivity contribution in [1.82, 2.24) is 0 Å². The predicted molar refractivity (Wildman–Crippen MR) is 81.3 cm³/mol. The Bertz CT molecular complexity index is 387. The zero-order chi connectivity index (χ0) is 13.8. The number of benzene rings is 1. The number of ketones is 1. The number of hydrogen-bond donors (Lipinski definition) is 0. The van der Waals surface area contributed by atoms with E-state index in [1.54, 1.807) is 0 Å².